The van der Waals surface area contributed by atoms with Crippen LogP contribution in [0.1, 0.15) is 45.7 Å². The van der Waals surface area contributed by atoms with Gasteiger partial charge in [0.15, 0.2) is 0 Å². The summed E-state index contributed by atoms with van der Waals surface area (Å²) in [6, 6.07) is 8.66. The average molecular weight is 188 g/mol. The van der Waals surface area contributed by atoms with Gasteiger partial charge in [-0.3, -0.25) is 0 Å². The van der Waals surface area contributed by atoms with Gasteiger partial charge in [-0.1, -0.05) is 58.0 Å². The standard InChI is InChI=1S/C12H14.C2H6/c1-9-8-12(2,3)11-7-5-4-6-10(9)11;1-2/h4-8H,1-3H3;1-2H3. The van der Waals surface area contributed by atoms with Gasteiger partial charge in [-0.15, -0.1) is 0 Å². The highest BCUT2D eigenvalue weighted by molar-refractivity contribution is 5.74. The van der Waals surface area contributed by atoms with Gasteiger partial charge in [0.25, 0.3) is 0 Å². The molecule has 0 N–H and O–H groups in total. The zero-order chi connectivity index (χ0) is 10.8. The van der Waals surface area contributed by atoms with E-state index in [2.05, 4.69) is 51.1 Å². The first-order valence-corrected chi connectivity index (χ1v) is 5.40. The van der Waals surface area contributed by atoms with Crippen molar-refractivity contribution in [1.82, 2.24) is 0 Å². The summed E-state index contributed by atoms with van der Waals surface area (Å²) in [4.78, 5) is 0. The molecule has 0 spiro atoms. The van der Waals surface area contributed by atoms with Crippen LogP contribution in [0.25, 0.3) is 5.57 Å². The third-order valence-electron chi connectivity index (χ3n) is 2.62. The van der Waals surface area contributed by atoms with E-state index in [1.807, 2.05) is 13.8 Å². The Kier molecular flexibility index (Phi) is 3.15. The lowest BCUT2D eigenvalue weighted by molar-refractivity contribution is 0.683. The largest absolute Gasteiger partial charge is 0.0709 e. The maximum absolute atomic E-state index is 2.34. The van der Waals surface area contributed by atoms with E-state index in [-0.39, 0.29) is 5.41 Å². The zero-order valence-electron chi connectivity index (χ0n) is 9.89. The summed E-state index contributed by atoms with van der Waals surface area (Å²) in [6.07, 6.45) is 2.34. The summed E-state index contributed by atoms with van der Waals surface area (Å²) in [5.74, 6) is 0. The predicted octanol–water partition coefficient (Wildman–Crippen LogP) is 4.41. The Bertz CT molecular complexity index is 343. The molecule has 0 radical (unpaired) electrons. The van der Waals surface area contributed by atoms with Gasteiger partial charge < -0.3 is 0 Å². The highest BCUT2D eigenvalue weighted by Gasteiger charge is 2.26. The van der Waals surface area contributed by atoms with Crippen molar-refractivity contribution in [1.29, 1.82) is 0 Å². The molecule has 0 nitrogen and oxygen atoms in total. The van der Waals surface area contributed by atoms with Crippen molar-refractivity contribution in [2.75, 3.05) is 0 Å². The van der Waals surface area contributed by atoms with Crippen molar-refractivity contribution in [2.45, 2.75) is 40.0 Å². The minimum Gasteiger partial charge on any atom is -0.0709 e. The van der Waals surface area contributed by atoms with Crippen LogP contribution in [-0.2, 0) is 5.41 Å². The fourth-order valence-corrected chi connectivity index (χ4v) is 2.09. The molecule has 1 aromatic carbocycles. The fraction of sp³-hybridized carbons (Fsp3) is 0.429. The summed E-state index contributed by atoms with van der Waals surface area (Å²) in [5, 5.41) is 0. The van der Waals surface area contributed by atoms with Crippen molar-refractivity contribution in [3.63, 3.8) is 0 Å². The summed E-state index contributed by atoms with van der Waals surface area (Å²) in [5.41, 5.74) is 4.53. The SMILES string of the molecule is CC.CC1=CC(C)(C)c2ccccc21. The molecular weight excluding hydrogens is 168 g/mol. The molecule has 76 valence electrons. The highest BCUT2D eigenvalue weighted by atomic mass is 14.3. The minimum absolute atomic E-state index is 0.237. The Balaban J connectivity index is 0.000000461. The zero-order valence-corrected chi connectivity index (χ0v) is 9.89. The van der Waals surface area contributed by atoms with Crippen LogP contribution in [0.5, 0.6) is 0 Å². The lowest BCUT2D eigenvalue weighted by atomic mass is 9.87. The number of fused-ring (bicyclic) bond motifs is 1. The monoisotopic (exact) mass is 188 g/mol. The van der Waals surface area contributed by atoms with Crippen LogP contribution in [0, 0.1) is 0 Å². The van der Waals surface area contributed by atoms with E-state index in [4.69, 9.17) is 0 Å². The van der Waals surface area contributed by atoms with Gasteiger partial charge in [-0.05, 0) is 23.6 Å². The Morgan fingerprint density at radius 3 is 2.14 bits per heavy atom. The van der Waals surface area contributed by atoms with Crippen molar-refractivity contribution >= 4 is 5.57 Å². The van der Waals surface area contributed by atoms with Crippen molar-refractivity contribution in [2.24, 2.45) is 0 Å². The molecule has 0 atom stereocenters. The Morgan fingerprint density at radius 2 is 1.57 bits per heavy atom. The van der Waals surface area contributed by atoms with Gasteiger partial charge in [0.05, 0.1) is 0 Å². The van der Waals surface area contributed by atoms with Crippen molar-refractivity contribution in [3.05, 3.63) is 41.5 Å². The number of hydrogen-bond donors (Lipinski definition) is 0. The van der Waals surface area contributed by atoms with Crippen LogP contribution in [0.4, 0.5) is 0 Å². The van der Waals surface area contributed by atoms with E-state index >= 15 is 0 Å². The van der Waals surface area contributed by atoms with Gasteiger partial charge in [-0.25, -0.2) is 0 Å². The quantitative estimate of drug-likeness (QED) is 0.566. The number of benzene rings is 1. The molecule has 0 aromatic heterocycles. The van der Waals surface area contributed by atoms with E-state index in [1.54, 1.807) is 0 Å². The first-order chi connectivity index (χ1) is 6.61. The van der Waals surface area contributed by atoms with E-state index in [9.17, 15) is 0 Å². The normalized spacial score (nSPS) is 16.5. The minimum atomic E-state index is 0.237. The molecule has 0 aliphatic heterocycles. The molecule has 1 aliphatic carbocycles. The van der Waals surface area contributed by atoms with Crippen LogP contribution in [-0.4, -0.2) is 0 Å². The first-order valence-electron chi connectivity index (χ1n) is 5.40. The fourth-order valence-electron chi connectivity index (χ4n) is 2.09. The second-order valence-corrected chi connectivity index (χ2v) is 4.09. The second-order valence-electron chi connectivity index (χ2n) is 4.09. The third-order valence-corrected chi connectivity index (χ3v) is 2.62. The summed E-state index contributed by atoms with van der Waals surface area (Å²) < 4.78 is 0. The Labute approximate surface area is 87.7 Å². The van der Waals surface area contributed by atoms with Crippen LogP contribution in [0.15, 0.2) is 30.3 Å². The molecule has 0 saturated carbocycles. The van der Waals surface area contributed by atoms with Gasteiger partial charge in [0, 0.05) is 5.41 Å². The molecule has 0 heteroatoms. The van der Waals surface area contributed by atoms with Crippen molar-refractivity contribution < 1.29 is 0 Å². The second kappa shape index (κ2) is 4.00. The molecule has 1 aromatic rings. The lowest BCUT2D eigenvalue weighted by Gasteiger charge is -2.16. The molecule has 14 heavy (non-hydrogen) atoms. The number of hydrogen-bond acceptors (Lipinski definition) is 0. The van der Waals surface area contributed by atoms with Crippen LogP contribution < -0.4 is 0 Å². The van der Waals surface area contributed by atoms with Crippen LogP contribution >= 0.6 is 0 Å². The molecule has 0 bridgehead atoms. The van der Waals surface area contributed by atoms with Gasteiger partial charge >= 0.3 is 0 Å². The van der Waals surface area contributed by atoms with E-state index in [0.717, 1.165) is 0 Å². The summed E-state index contributed by atoms with van der Waals surface area (Å²) in [6.45, 7) is 10.7. The van der Waals surface area contributed by atoms with Crippen LogP contribution in [0.3, 0.4) is 0 Å². The molecular formula is C14H20. The smallest absolute Gasteiger partial charge is 0.00872 e. The Hall–Kier alpha value is -1.04. The average Bonchev–Trinajstić information content (AvgIpc) is 2.42. The van der Waals surface area contributed by atoms with Crippen molar-refractivity contribution in [3.8, 4) is 0 Å². The summed E-state index contributed by atoms with van der Waals surface area (Å²) >= 11 is 0. The van der Waals surface area contributed by atoms with E-state index in [0.29, 0.717) is 0 Å². The van der Waals surface area contributed by atoms with Gasteiger partial charge in [-0.2, -0.15) is 0 Å². The van der Waals surface area contributed by atoms with Gasteiger partial charge in [0.1, 0.15) is 0 Å². The maximum atomic E-state index is 2.34. The van der Waals surface area contributed by atoms with Crippen LogP contribution in [0.2, 0.25) is 0 Å². The predicted molar refractivity (Wildman–Crippen MR) is 64.5 cm³/mol. The lowest BCUT2D eigenvalue weighted by Crippen LogP contribution is -2.10. The molecule has 0 unspecified atom stereocenters. The maximum Gasteiger partial charge on any atom is 0.00872 e. The van der Waals surface area contributed by atoms with E-state index in [1.165, 1.54) is 16.7 Å². The molecule has 0 saturated heterocycles. The first kappa shape index (κ1) is 11.0. The molecule has 2 rings (SSSR count). The number of allylic oxidation sites excluding steroid dienone is 2. The van der Waals surface area contributed by atoms with Gasteiger partial charge in [0.2, 0.25) is 0 Å². The molecule has 0 amide bonds. The molecule has 0 fully saturated rings. The Morgan fingerprint density at radius 1 is 1.00 bits per heavy atom. The molecule has 0 heterocycles. The van der Waals surface area contributed by atoms with E-state index < -0.39 is 0 Å². The highest BCUT2D eigenvalue weighted by Crippen LogP contribution is 2.39. The summed E-state index contributed by atoms with van der Waals surface area (Å²) in [7, 11) is 0. The molecule has 1 aliphatic rings. The number of rotatable bonds is 0. The third kappa shape index (κ3) is 1.75. The topological polar surface area (TPSA) is 0 Å².